The van der Waals surface area contributed by atoms with Crippen LogP contribution in [0.4, 0.5) is 0 Å². The highest BCUT2D eigenvalue weighted by Gasteiger charge is 2.12. The molecule has 0 unspecified atom stereocenters. The Morgan fingerprint density at radius 1 is 1.05 bits per heavy atom. The van der Waals surface area contributed by atoms with E-state index < -0.39 is 0 Å². The van der Waals surface area contributed by atoms with E-state index in [-0.39, 0.29) is 0 Å². The zero-order chi connectivity index (χ0) is 13.9. The fourth-order valence-electron chi connectivity index (χ4n) is 1.80. The molecule has 0 N–H and O–H groups in total. The van der Waals surface area contributed by atoms with Crippen LogP contribution in [0, 0.1) is 0 Å². The second kappa shape index (κ2) is 6.37. The molecule has 1 aliphatic heterocycles. The molecule has 20 heavy (non-hydrogen) atoms. The van der Waals surface area contributed by atoms with E-state index >= 15 is 0 Å². The van der Waals surface area contributed by atoms with Gasteiger partial charge in [-0.25, -0.2) is 4.98 Å². The minimum absolute atomic E-state index is 0.696. The number of rotatable bonds is 2. The summed E-state index contributed by atoms with van der Waals surface area (Å²) >= 11 is 8.51. The van der Waals surface area contributed by atoms with Crippen LogP contribution < -0.4 is 9.47 Å². The Bertz CT molecular complexity index is 637. The summed E-state index contributed by atoms with van der Waals surface area (Å²) in [5, 5.41) is 0.919. The monoisotopic (exact) mass is 415 g/mol. The number of hydrogen-bond acceptors (Lipinski definition) is 4. The van der Waals surface area contributed by atoms with Gasteiger partial charge in [0.25, 0.3) is 0 Å². The summed E-state index contributed by atoms with van der Waals surface area (Å²) in [5.41, 5.74) is 0. The molecule has 0 aliphatic carbocycles. The van der Waals surface area contributed by atoms with E-state index in [1.807, 2.05) is 24.3 Å². The van der Waals surface area contributed by atoms with Crippen molar-refractivity contribution >= 4 is 43.6 Å². The van der Waals surface area contributed by atoms with Crippen molar-refractivity contribution in [2.75, 3.05) is 13.2 Å². The van der Waals surface area contributed by atoms with E-state index in [4.69, 9.17) is 9.47 Å². The van der Waals surface area contributed by atoms with Crippen molar-refractivity contribution in [1.29, 1.82) is 0 Å². The summed E-state index contributed by atoms with van der Waals surface area (Å²) in [7, 11) is 0. The second-order valence-corrected chi connectivity index (χ2v) is 7.03. The Hall–Kier alpha value is -0.720. The average Bonchev–Trinajstić information content (AvgIpc) is 2.66. The quantitative estimate of drug-likeness (QED) is 0.695. The molecule has 0 fully saturated rings. The molecular formula is C14H11Br2NO2S. The zero-order valence-electron chi connectivity index (χ0n) is 10.4. The van der Waals surface area contributed by atoms with Crippen molar-refractivity contribution in [3.05, 3.63) is 39.4 Å². The first-order valence-electron chi connectivity index (χ1n) is 6.11. The lowest BCUT2D eigenvalue weighted by Gasteiger charge is -2.09. The lowest BCUT2D eigenvalue weighted by Crippen LogP contribution is -1.97. The number of nitrogens with zero attached hydrogens (tertiary/aromatic N) is 1. The molecule has 0 saturated heterocycles. The number of halogens is 2. The molecule has 0 radical (unpaired) electrons. The predicted octanol–water partition coefficient (Wildman–Crippen LogP) is 4.92. The summed E-state index contributed by atoms with van der Waals surface area (Å²) in [6.07, 6.45) is 2.70. The van der Waals surface area contributed by atoms with Gasteiger partial charge >= 0.3 is 0 Å². The Kier molecular flexibility index (Phi) is 4.53. The second-order valence-electron chi connectivity index (χ2n) is 4.20. The van der Waals surface area contributed by atoms with Crippen LogP contribution in [-0.2, 0) is 0 Å². The lowest BCUT2D eigenvalue weighted by atomic mass is 10.3. The molecule has 0 amide bonds. The fourth-order valence-corrected chi connectivity index (χ4v) is 3.81. The predicted molar refractivity (Wildman–Crippen MR) is 85.8 cm³/mol. The maximum atomic E-state index is 5.70. The summed E-state index contributed by atoms with van der Waals surface area (Å²) in [6, 6.07) is 7.96. The molecule has 0 atom stereocenters. The molecule has 3 rings (SSSR count). The standard InChI is InChI=1S/C14H11Br2NO2S/c15-9-6-11(16)14(17-8-9)20-10-2-3-12-13(7-10)19-5-1-4-18-12/h2-3,6-8H,1,4-5H2. The minimum Gasteiger partial charge on any atom is -0.490 e. The molecule has 0 spiro atoms. The smallest absolute Gasteiger partial charge is 0.162 e. The van der Waals surface area contributed by atoms with E-state index in [0.717, 1.165) is 36.8 Å². The van der Waals surface area contributed by atoms with Crippen LogP contribution in [0.5, 0.6) is 11.5 Å². The molecule has 0 bridgehead atoms. The van der Waals surface area contributed by atoms with Gasteiger partial charge in [0.05, 0.1) is 17.7 Å². The van der Waals surface area contributed by atoms with Crippen LogP contribution >= 0.6 is 43.6 Å². The number of benzene rings is 1. The molecule has 3 nitrogen and oxygen atoms in total. The molecule has 2 heterocycles. The van der Waals surface area contributed by atoms with Crippen molar-refractivity contribution < 1.29 is 9.47 Å². The number of hydrogen-bond donors (Lipinski definition) is 0. The Balaban J connectivity index is 1.86. The van der Waals surface area contributed by atoms with Crippen LogP contribution in [0.25, 0.3) is 0 Å². The largest absolute Gasteiger partial charge is 0.490 e. The first kappa shape index (κ1) is 14.2. The molecule has 6 heteroatoms. The van der Waals surface area contributed by atoms with Gasteiger partial charge in [-0.3, -0.25) is 0 Å². The van der Waals surface area contributed by atoms with E-state index in [9.17, 15) is 0 Å². The van der Waals surface area contributed by atoms with Crippen molar-refractivity contribution in [2.24, 2.45) is 0 Å². The Labute approximate surface area is 138 Å². The maximum absolute atomic E-state index is 5.70. The van der Waals surface area contributed by atoms with Gasteiger partial charge in [-0.1, -0.05) is 11.8 Å². The SMILES string of the molecule is Brc1cnc(Sc2ccc3c(c2)OCCCO3)c(Br)c1. The zero-order valence-corrected chi connectivity index (χ0v) is 14.4. The van der Waals surface area contributed by atoms with Crippen LogP contribution in [-0.4, -0.2) is 18.2 Å². The average molecular weight is 417 g/mol. The molecule has 1 aromatic heterocycles. The first-order valence-corrected chi connectivity index (χ1v) is 8.51. The van der Waals surface area contributed by atoms with E-state index in [1.54, 1.807) is 18.0 Å². The molecule has 104 valence electrons. The van der Waals surface area contributed by atoms with E-state index in [1.165, 1.54) is 0 Å². The van der Waals surface area contributed by atoms with Crippen molar-refractivity contribution in [3.63, 3.8) is 0 Å². The van der Waals surface area contributed by atoms with Gasteiger partial charge in [-0.15, -0.1) is 0 Å². The number of pyridine rings is 1. The third-order valence-electron chi connectivity index (χ3n) is 2.71. The van der Waals surface area contributed by atoms with Crippen LogP contribution in [0.15, 0.2) is 49.3 Å². The number of aromatic nitrogens is 1. The normalized spacial score (nSPS) is 13.9. The summed E-state index contributed by atoms with van der Waals surface area (Å²) in [6.45, 7) is 1.40. The number of ether oxygens (including phenoxy) is 2. The van der Waals surface area contributed by atoms with Gasteiger partial charge in [0.1, 0.15) is 5.03 Å². The first-order chi connectivity index (χ1) is 9.72. The van der Waals surface area contributed by atoms with Crippen LogP contribution in [0.1, 0.15) is 6.42 Å². The van der Waals surface area contributed by atoms with Gasteiger partial charge in [0.15, 0.2) is 11.5 Å². The fraction of sp³-hybridized carbons (Fsp3) is 0.214. The third kappa shape index (κ3) is 3.30. The van der Waals surface area contributed by atoms with Gasteiger partial charge in [0, 0.05) is 22.0 Å². The van der Waals surface area contributed by atoms with Crippen molar-refractivity contribution in [2.45, 2.75) is 16.3 Å². The van der Waals surface area contributed by atoms with Gasteiger partial charge in [0.2, 0.25) is 0 Å². The maximum Gasteiger partial charge on any atom is 0.162 e. The highest BCUT2D eigenvalue weighted by molar-refractivity contribution is 9.11. The highest BCUT2D eigenvalue weighted by Crippen LogP contribution is 2.38. The minimum atomic E-state index is 0.696. The van der Waals surface area contributed by atoms with Gasteiger partial charge < -0.3 is 9.47 Å². The van der Waals surface area contributed by atoms with Crippen molar-refractivity contribution in [3.8, 4) is 11.5 Å². The van der Waals surface area contributed by atoms with Crippen LogP contribution in [0.3, 0.4) is 0 Å². The summed E-state index contributed by atoms with van der Waals surface area (Å²) < 4.78 is 13.2. The molecule has 1 aromatic carbocycles. The third-order valence-corrected chi connectivity index (χ3v) is 5.02. The van der Waals surface area contributed by atoms with Gasteiger partial charge in [-0.2, -0.15) is 0 Å². The lowest BCUT2D eigenvalue weighted by molar-refractivity contribution is 0.297. The highest BCUT2D eigenvalue weighted by atomic mass is 79.9. The number of fused-ring (bicyclic) bond motifs is 1. The molecule has 1 aliphatic rings. The summed E-state index contributed by atoms with van der Waals surface area (Å²) in [5.74, 6) is 1.62. The van der Waals surface area contributed by atoms with Crippen LogP contribution in [0.2, 0.25) is 0 Å². The van der Waals surface area contributed by atoms with E-state index in [0.29, 0.717) is 13.2 Å². The Morgan fingerprint density at radius 2 is 1.85 bits per heavy atom. The van der Waals surface area contributed by atoms with Crippen molar-refractivity contribution in [1.82, 2.24) is 4.98 Å². The van der Waals surface area contributed by atoms with E-state index in [2.05, 4.69) is 36.8 Å². The van der Waals surface area contributed by atoms with Gasteiger partial charge in [-0.05, 0) is 56.1 Å². The molecular weight excluding hydrogens is 406 g/mol. The molecule has 0 saturated carbocycles. The Morgan fingerprint density at radius 3 is 2.65 bits per heavy atom. The molecule has 2 aromatic rings. The summed E-state index contributed by atoms with van der Waals surface area (Å²) in [4.78, 5) is 5.47. The topological polar surface area (TPSA) is 31.4 Å².